The van der Waals surface area contributed by atoms with Gasteiger partial charge in [0.15, 0.2) is 0 Å². The molecule has 0 aliphatic carbocycles. The van der Waals surface area contributed by atoms with Gasteiger partial charge in [-0.25, -0.2) is 0 Å². The van der Waals surface area contributed by atoms with Gasteiger partial charge in [-0.2, -0.15) is 0 Å². The molecule has 2 aromatic rings. The Morgan fingerprint density at radius 2 is 2.25 bits per heavy atom. The number of anilines is 1. The smallest absolute Gasteiger partial charge is 0.294 e. The first kappa shape index (κ1) is 10.5. The third-order valence-corrected chi connectivity index (χ3v) is 2.19. The average Bonchev–Trinajstić information content (AvgIpc) is 2.77. The number of hydrogen-bond acceptors (Lipinski definition) is 4. The number of aromatic nitrogens is 1. The molecule has 2 rings (SSSR count). The number of rotatable bonds is 2. The normalized spacial score (nSPS) is 10.1. The number of carbonyl (C=O) groups is 1. The summed E-state index contributed by atoms with van der Waals surface area (Å²) in [6, 6.07) is 5.82. The Hall–Kier alpha value is -2.01. The summed E-state index contributed by atoms with van der Waals surface area (Å²) in [5.41, 5.74) is 0.420. The number of phenols is 1. The molecule has 5 nitrogen and oxygen atoms in total. The monoisotopic (exact) mass is 238 g/mol. The fourth-order valence-electron chi connectivity index (χ4n) is 1.12. The first-order valence-electron chi connectivity index (χ1n) is 4.37. The predicted molar refractivity (Wildman–Crippen MR) is 57.6 cm³/mol. The number of phenolic OH excluding ortho intramolecular Hbond substituents is 1. The van der Waals surface area contributed by atoms with Gasteiger partial charge in [0.25, 0.3) is 5.91 Å². The molecule has 6 heteroatoms. The van der Waals surface area contributed by atoms with Crippen LogP contribution in [0.5, 0.6) is 5.75 Å². The van der Waals surface area contributed by atoms with Gasteiger partial charge in [0.05, 0.1) is 11.2 Å². The van der Waals surface area contributed by atoms with Crippen LogP contribution < -0.4 is 5.32 Å². The van der Waals surface area contributed by atoms with Crippen molar-refractivity contribution in [1.29, 1.82) is 0 Å². The van der Waals surface area contributed by atoms with Gasteiger partial charge in [-0.05, 0) is 12.1 Å². The molecule has 1 aromatic carbocycles. The van der Waals surface area contributed by atoms with Gasteiger partial charge in [0.1, 0.15) is 5.75 Å². The second kappa shape index (κ2) is 4.24. The Labute approximate surface area is 95.6 Å². The molecule has 0 unspecified atom stereocenters. The van der Waals surface area contributed by atoms with E-state index < -0.39 is 5.91 Å². The van der Waals surface area contributed by atoms with E-state index in [0.717, 1.165) is 0 Å². The lowest BCUT2D eigenvalue weighted by molar-refractivity contribution is 0.0988. The molecule has 16 heavy (non-hydrogen) atoms. The minimum atomic E-state index is -0.445. The number of nitrogens with one attached hydrogen (secondary N) is 1. The fraction of sp³-hybridized carbons (Fsp3) is 0. The van der Waals surface area contributed by atoms with Gasteiger partial charge in [0.2, 0.25) is 5.76 Å². The van der Waals surface area contributed by atoms with Crippen molar-refractivity contribution in [1.82, 2.24) is 5.16 Å². The maximum Gasteiger partial charge on any atom is 0.294 e. The molecule has 0 bridgehead atoms. The van der Waals surface area contributed by atoms with Crippen LogP contribution in [-0.2, 0) is 0 Å². The summed E-state index contributed by atoms with van der Waals surface area (Å²) in [5.74, 6) is -0.453. The third-order valence-electron chi connectivity index (χ3n) is 1.87. The van der Waals surface area contributed by atoms with Crippen LogP contribution in [0.4, 0.5) is 5.69 Å². The lowest BCUT2D eigenvalue weighted by Gasteiger charge is -2.03. The molecule has 2 N–H and O–H groups in total. The molecule has 0 radical (unpaired) electrons. The van der Waals surface area contributed by atoms with E-state index in [4.69, 9.17) is 11.6 Å². The second-order valence-corrected chi connectivity index (χ2v) is 3.40. The van der Waals surface area contributed by atoms with Crippen molar-refractivity contribution in [3.63, 3.8) is 0 Å². The van der Waals surface area contributed by atoms with Crippen molar-refractivity contribution in [3.05, 3.63) is 41.2 Å². The molecular weight excluding hydrogens is 232 g/mol. The first-order chi connectivity index (χ1) is 7.66. The number of aromatic hydroxyl groups is 1. The first-order valence-corrected chi connectivity index (χ1v) is 4.75. The Balaban J connectivity index is 2.15. The van der Waals surface area contributed by atoms with Crippen molar-refractivity contribution in [2.24, 2.45) is 0 Å². The molecular formula is C10H7ClN2O3. The summed E-state index contributed by atoms with van der Waals surface area (Å²) in [7, 11) is 0. The highest BCUT2D eigenvalue weighted by molar-refractivity contribution is 6.32. The van der Waals surface area contributed by atoms with Crippen LogP contribution in [0.1, 0.15) is 10.6 Å². The van der Waals surface area contributed by atoms with Crippen molar-refractivity contribution in [2.75, 3.05) is 5.32 Å². The highest BCUT2D eigenvalue weighted by Gasteiger charge is 2.10. The number of hydrogen-bond donors (Lipinski definition) is 2. The van der Waals surface area contributed by atoms with E-state index in [1.54, 1.807) is 6.07 Å². The zero-order valence-electron chi connectivity index (χ0n) is 7.98. The van der Waals surface area contributed by atoms with Gasteiger partial charge < -0.3 is 14.9 Å². The molecule has 0 saturated carbocycles. The highest BCUT2D eigenvalue weighted by Crippen LogP contribution is 2.26. The summed E-state index contributed by atoms with van der Waals surface area (Å²) < 4.78 is 4.67. The Kier molecular flexibility index (Phi) is 2.78. The summed E-state index contributed by atoms with van der Waals surface area (Å²) >= 11 is 5.63. The maximum absolute atomic E-state index is 11.5. The van der Waals surface area contributed by atoms with Crippen LogP contribution in [0.3, 0.4) is 0 Å². The van der Waals surface area contributed by atoms with Gasteiger partial charge in [-0.15, -0.1) is 0 Å². The number of halogens is 1. The van der Waals surface area contributed by atoms with E-state index in [0.29, 0.717) is 5.69 Å². The molecule has 1 heterocycles. The summed E-state index contributed by atoms with van der Waals surface area (Å²) in [5, 5.41) is 15.5. The number of benzene rings is 1. The molecule has 1 aromatic heterocycles. The molecule has 82 valence electrons. The minimum Gasteiger partial charge on any atom is -0.506 e. The van der Waals surface area contributed by atoms with E-state index in [1.165, 1.54) is 24.4 Å². The average molecular weight is 239 g/mol. The Morgan fingerprint density at radius 1 is 1.44 bits per heavy atom. The molecule has 0 fully saturated rings. The minimum absolute atomic E-state index is 0.0921. The third kappa shape index (κ3) is 2.14. The molecule has 0 spiro atoms. The predicted octanol–water partition coefficient (Wildman–Crippen LogP) is 2.29. The number of carbonyl (C=O) groups excluding carboxylic acids is 1. The quantitative estimate of drug-likeness (QED) is 0.842. The SMILES string of the molecule is O=C(Nc1ccc(Cl)c(O)c1)c1ccno1. The molecule has 0 saturated heterocycles. The molecule has 0 atom stereocenters. The fourth-order valence-corrected chi connectivity index (χ4v) is 1.23. The molecule has 0 aliphatic heterocycles. The summed E-state index contributed by atoms with van der Waals surface area (Å²) in [6.07, 6.45) is 1.37. The van der Waals surface area contributed by atoms with Gasteiger partial charge in [0, 0.05) is 17.8 Å². The lowest BCUT2D eigenvalue weighted by atomic mass is 10.3. The summed E-state index contributed by atoms with van der Waals surface area (Å²) in [6.45, 7) is 0. The van der Waals surface area contributed by atoms with E-state index >= 15 is 0 Å². The van der Waals surface area contributed by atoms with Crippen LogP contribution in [0.15, 0.2) is 35.0 Å². The molecule has 0 aliphatic rings. The van der Waals surface area contributed by atoms with Gasteiger partial charge in [-0.3, -0.25) is 4.79 Å². The van der Waals surface area contributed by atoms with Gasteiger partial charge >= 0.3 is 0 Å². The largest absolute Gasteiger partial charge is 0.506 e. The van der Waals surface area contributed by atoms with Crippen LogP contribution in [0, 0.1) is 0 Å². The van der Waals surface area contributed by atoms with E-state index in [-0.39, 0.29) is 16.5 Å². The van der Waals surface area contributed by atoms with Crippen molar-refractivity contribution >= 4 is 23.2 Å². The lowest BCUT2D eigenvalue weighted by Crippen LogP contribution is -2.10. The summed E-state index contributed by atoms with van der Waals surface area (Å²) in [4.78, 5) is 11.5. The Bertz CT molecular complexity index is 511. The zero-order chi connectivity index (χ0) is 11.5. The van der Waals surface area contributed by atoms with Crippen molar-refractivity contribution < 1.29 is 14.4 Å². The van der Waals surface area contributed by atoms with E-state index in [2.05, 4.69) is 15.0 Å². The van der Waals surface area contributed by atoms with Crippen LogP contribution in [0.2, 0.25) is 5.02 Å². The Morgan fingerprint density at radius 3 is 2.88 bits per heavy atom. The zero-order valence-corrected chi connectivity index (χ0v) is 8.73. The molecule has 1 amide bonds. The van der Waals surface area contributed by atoms with Crippen LogP contribution in [-0.4, -0.2) is 16.2 Å². The number of nitrogens with zero attached hydrogens (tertiary/aromatic N) is 1. The van der Waals surface area contributed by atoms with Crippen LogP contribution >= 0.6 is 11.6 Å². The van der Waals surface area contributed by atoms with Crippen molar-refractivity contribution in [3.8, 4) is 5.75 Å². The van der Waals surface area contributed by atoms with Crippen LogP contribution in [0.25, 0.3) is 0 Å². The topological polar surface area (TPSA) is 75.4 Å². The standard InChI is InChI=1S/C10H7ClN2O3/c11-7-2-1-6(5-8(7)14)13-10(15)9-3-4-12-16-9/h1-5,14H,(H,13,15). The van der Waals surface area contributed by atoms with E-state index in [1.807, 2.05) is 0 Å². The van der Waals surface area contributed by atoms with Crippen molar-refractivity contribution in [2.45, 2.75) is 0 Å². The maximum atomic E-state index is 11.5. The van der Waals surface area contributed by atoms with Gasteiger partial charge in [-0.1, -0.05) is 16.8 Å². The highest BCUT2D eigenvalue weighted by atomic mass is 35.5. The number of amides is 1. The van der Waals surface area contributed by atoms with E-state index in [9.17, 15) is 9.90 Å². The second-order valence-electron chi connectivity index (χ2n) is 3.00.